The number of carboxylic acid groups (broad SMARTS) is 1. The van der Waals surface area contributed by atoms with Crippen molar-refractivity contribution in [3.63, 3.8) is 0 Å². The number of carbonyl (C=O) groups is 1. The minimum atomic E-state index is -1.09. The highest BCUT2D eigenvalue weighted by atomic mass is 19.1. The van der Waals surface area contributed by atoms with Crippen molar-refractivity contribution in [3.8, 4) is 0 Å². The van der Waals surface area contributed by atoms with E-state index in [1.54, 1.807) is 24.3 Å². The molecular weight excluding hydrogens is 335 g/mol. The van der Waals surface area contributed by atoms with Gasteiger partial charge >= 0.3 is 5.97 Å². The van der Waals surface area contributed by atoms with Crippen LogP contribution < -0.4 is 9.80 Å². The molecule has 0 spiro atoms. The summed E-state index contributed by atoms with van der Waals surface area (Å²) in [4.78, 5) is 15.5. The Morgan fingerprint density at radius 2 is 1.50 bits per heavy atom. The lowest BCUT2D eigenvalue weighted by molar-refractivity contribution is 0.0691. The summed E-state index contributed by atoms with van der Waals surface area (Å²) in [5, 5.41) is 18.7. The van der Waals surface area contributed by atoms with Gasteiger partial charge in [-0.3, -0.25) is 0 Å². The quantitative estimate of drug-likeness (QED) is 0.782. The summed E-state index contributed by atoms with van der Waals surface area (Å²) in [5.74, 6) is -0.652. The fourth-order valence-corrected chi connectivity index (χ4v) is 3.35. The van der Waals surface area contributed by atoms with Gasteiger partial charge in [0.2, 0.25) is 0 Å². The molecule has 0 atom stereocenters. The molecule has 7 heteroatoms. The van der Waals surface area contributed by atoms with Crippen molar-refractivity contribution in [2.45, 2.75) is 0 Å². The number of nitrogens with zero attached hydrogens (tertiary/aromatic N) is 4. The molecule has 132 valence electrons. The van der Waals surface area contributed by atoms with Gasteiger partial charge in [-0.1, -0.05) is 36.4 Å². The van der Waals surface area contributed by atoms with Crippen LogP contribution in [0.25, 0.3) is 10.8 Å². The Hall–Kier alpha value is -3.22. The Bertz CT molecular complexity index is 971. The molecule has 0 unspecified atom stereocenters. The first-order chi connectivity index (χ1) is 12.6. The van der Waals surface area contributed by atoms with Crippen LogP contribution in [-0.4, -0.2) is 47.5 Å². The second-order valence-electron chi connectivity index (χ2n) is 6.15. The van der Waals surface area contributed by atoms with Crippen molar-refractivity contribution < 1.29 is 14.3 Å². The second kappa shape index (κ2) is 6.59. The SMILES string of the molecule is O=C(O)c1nnc(N2CCN(c3ccccc3F)CC2)c2ccccc12. The molecular formula is C19H17FN4O2. The molecule has 0 bridgehead atoms. The van der Waals surface area contributed by atoms with E-state index in [2.05, 4.69) is 15.1 Å². The minimum absolute atomic E-state index is 0.0469. The van der Waals surface area contributed by atoms with Crippen LogP contribution in [0.2, 0.25) is 0 Å². The molecule has 1 N–H and O–H groups in total. The van der Waals surface area contributed by atoms with E-state index in [0.29, 0.717) is 43.1 Å². The Balaban J connectivity index is 1.62. The maximum Gasteiger partial charge on any atom is 0.357 e. The molecule has 3 aromatic rings. The van der Waals surface area contributed by atoms with Crippen LogP contribution in [0, 0.1) is 5.82 Å². The summed E-state index contributed by atoms with van der Waals surface area (Å²) < 4.78 is 14.0. The Morgan fingerprint density at radius 3 is 2.19 bits per heavy atom. The molecule has 1 saturated heterocycles. The van der Waals surface area contributed by atoms with Crippen molar-refractivity contribution >= 4 is 28.2 Å². The zero-order valence-corrected chi connectivity index (χ0v) is 14.0. The number of carboxylic acids is 1. The lowest BCUT2D eigenvalue weighted by Gasteiger charge is -2.37. The normalized spacial score (nSPS) is 14.7. The summed E-state index contributed by atoms with van der Waals surface area (Å²) in [5.41, 5.74) is 0.554. The van der Waals surface area contributed by atoms with Crippen molar-refractivity contribution in [1.29, 1.82) is 0 Å². The van der Waals surface area contributed by atoms with Gasteiger partial charge in [-0.2, -0.15) is 0 Å². The predicted octanol–water partition coefficient (Wildman–Crippen LogP) is 2.79. The number of fused-ring (bicyclic) bond motifs is 1. The number of para-hydroxylation sites is 1. The zero-order chi connectivity index (χ0) is 18.1. The fraction of sp³-hybridized carbons (Fsp3) is 0.211. The highest BCUT2D eigenvalue weighted by Crippen LogP contribution is 2.28. The fourth-order valence-electron chi connectivity index (χ4n) is 3.35. The number of piperazine rings is 1. The van der Waals surface area contributed by atoms with Crippen LogP contribution in [0.4, 0.5) is 15.9 Å². The summed E-state index contributed by atoms with van der Waals surface area (Å²) in [6.07, 6.45) is 0. The number of benzene rings is 2. The summed E-state index contributed by atoms with van der Waals surface area (Å²) in [7, 11) is 0. The van der Waals surface area contributed by atoms with Gasteiger partial charge in [0.1, 0.15) is 5.82 Å². The molecule has 26 heavy (non-hydrogen) atoms. The van der Waals surface area contributed by atoms with E-state index in [4.69, 9.17) is 0 Å². The van der Waals surface area contributed by atoms with Gasteiger partial charge in [0.15, 0.2) is 11.5 Å². The third-order valence-corrected chi connectivity index (χ3v) is 4.64. The molecule has 4 rings (SSSR count). The third kappa shape index (κ3) is 2.81. The average molecular weight is 352 g/mol. The molecule has 0 saturated carbocycles. The van der Waals surface area contributed by atoms with E-state index in [1.165, 1.54) is 6.07 Å². The highest BCUT2D eigenvalue weighted by Gasteiger charge is 2.23. The molecule has 0 amide bonds. The van der Waals surface area contributed by atoms with Crippen molar-refractivity contribution in [2.24, 2.45) is 0 Å². The number of halogens is 1. The van der Waals surface area contributed by atoms with Crippen LogP contribution >= 0.6 is 0 Å². The first kappa shape index (κ1) is 16.3. The molecule has 2 aromatic carbocycles. The monoisotopic (exact) mass is 352 g/mol. The number of anilines is 2. The standard InChI is InChI=1S/C19H17FN4O2/c20-15-7-3-4-8-16(15)23-9-11-24(12-10-23)18-14-6-2-1-5-13(14)17(19(25)26)21-22-18/h1-8H,9-12H2,(H,25,26). The number of rotatable bonds is 3. The van der Waals surface area contributed by atoms with E-state index in [-0.39, 0.29) is 11.5 Å². The van der Waals surface area contributed by atoms with Gasteiger partial charge < -0.3 is 14.9 Å². The minimum Gasteiger partial charge on any atom is -0.476 e. The first-order valence-corrected chi connectivity index (χ1v) is 8.38. The lowest BCUT2D eigenvalue weighted by Crippen LogP contribution is -2.47. The Kier molecular flexibility index (Phi) is 4.12. The summed E-state index contributed by atoms with van der Waals surface area (Å²) >= 11 is 0. The van der Waals surface area contributed by atoms with E-state index >= 15 is 0 Å². The second-order valence-corrected chi connectivity index (χ2v) is 6.15. The maximum atomic E-state index is 14.0. The van der Waals surface area contributed by atoms with Gasteiger partial charge in [0.25, 0.3) is 0 Å². The molecule has 2 heterocycles. The smallest absolute Gasteiger partial charge is 0.357 e. The molecule has 1 aliphatic rings. The van der Waals surface area contributed by atoms with E-state index in [1.807, 2.05) is 23.1 Å². The zero-order valence-electron chi connectivity index (χ0n) is 14.0. The number of aromatic nitrogens is 2. The van der Waals surface area contributed by atoms with Crippen LogP contribution in [-0.2, 0) is 0 Å². The topological polar surface area (TPSA) is 69.6 Å². The van der Waals surface area contributed by atoms with E-state index in [0.717, 1.165) is 5.39 Å². The lowest BCUT2D eigenvalue weighted by atomic mass is 10.1. The molecule has 6 nitrogen and oxygen atoms in total. The van der Waals surface area contributed by atoms with Gasteiger partial charge in [0.05, 0.1) is 5.69 Å². The first-order valence-electron chi connectivity index (χ1n) is 8.38. The molecule has 1 fully saturated rings. The highest BCUT2D eigenvalue weighted by molar-refractivity contribution is 6.04. The average Bonchev–Trinajstić information content (AvgIpc) is 2.67. The number of hydrogen-bond donors (Lipinski definition) is 1. The van der Waals surface area contributed by atoms with Gasteiger partial charge in [-0.15, -0.1) is 10.2 Å². The molecule has 1 aromatic heterocycles. The van der Waals surface area contributed by atoms with Gasteiger partial charge in [0, 0.05) is 37.0 Å². The summed E-state index contributed by atoms with van der Waals surface area (Å²) in [6, 6.07) is 14.0. The maximum absolute atomic E-state index is 14.0. The third-order valence-electron chi connectivity index (χ3n) is 4.64. The Labute approximate surface area is 149 Å². The predicted molar refractivity (Wildman–Crippen MR) is 97.3 cm³/mol. The van der Waals surface area contributed by atoms with Crippen LogP contribution in [0.5, 0.6) is 0 Å². The molecule has 0 radical (unpaired) electrons. The van der Waals surface area contributed by atoms with E-state index < -0.39 is 5.97 Å². The van der Waals surface area contributed by atoms with E-state index in [9.17, 15) is 14.3 Å². The number of aromatic carboxylic acids is 1. The largest absolute Gasteiger partial charge is 0.476 e. The van der Waals surface area contributed by atoms with Crippen molar-refractivity contribution in [3.05, 3.63) is 60.0 Å². The van der Waals surface area contributed by atoms with Gasteiger partial charge in [-0.05, 0) is 12.1 Å². The number of hydrogen-bond acceptors (Lipinski definition) is 5. The summed E-state index contributed by atoms with van der Waals surface area (Å²) in [6.45, 7) is 2.61. The Morgan fingerprint density at radius 1 is 0.885 bits per heavy atom. The van der Waals surface area contributed by atoms with Crippen molar-refractivity contribution in [1.82, 2.24) is 10.2 Å². The van der Waals surface area contributed by atoms with Crippen molar-refractivity contribution in [2.75, 3.05) is 36.0 Å². The van der Waals surface area contributed by atoms with Gasteiger partial charge in [-0.25, -0.2) is 9.18 Å². The molecule has 0 aliphatic carbocycles. The van der Waals surface area contributed by atoms with Crippen LogP contribution in [0.1, 0.15) is 10.5 Å². The molecule has 1 aliphatic heterocycles. The van der Waals surface area contributed by atoms with Crippen LogP contribution in [0.15, 0.2) is 48.5 Å². The van der Waals surface area contributed by atoms with Crippen LogP contribution in [0.3, 0.4) is 0 Å².